The Bertz CT molecular complexity index is 467. The molecule has 1 aromatic heterocycles. The minimum Gasteiger partial charge on any atom is -0.383 e. The lowest BCUT2D eigenvalue weighted by Crippen LogP contribution is -2.48. The summed E-state index contributed by atoms with van der Waals surface area (Å²) in [7, 11) is 1.83. The zero-order valence-electron chi connectivity index (χ0n) is 13.8. The van der Waals surface area contributed by atoms with Crippen LogP contribution in [0.4, 0.5) is 5.82 Å². The van der Waals surface area contributed by atoms with E-state index in [1.807, 2.05) is 13.3 Å². The van der Waals surface area contributed by atoms with Crippen LogP contribution in [0.5, 0.6) is 0 Å². The van der Waals surface area contributed by atoms with Crippen LogP contribution in [-0.2, 0) is 4.74 Å². The van der Waals surface area contributed by atoms with E-state index in [4.69, 9.17) is 10.5 Å². The molecule has 3 N–H and O–H groups in total. The molecule has 1 atom stereocenters. The van der Waals surface area contributed by atoms with E-state index in [1.165, 1.54) is 12.8 Å². The molecule has 1 unspecified atom stereocenters. The summed E-state index contributed by atoms with van der Waals surface area (Å²) in [5.74, 6) is 1.39. The maximum Gasteiger partial charge on any atom is 0.128 e. The predicted molar refractivity (Wildman–Crippen MR) is 87.2 cm³/mol. The number of nitrogens with two attached hydrogens (primary N) is 1. The lowest BCUT2D eigenvalue weighted by atomic mass is 9.73. The Morgan fingerprint density at radius 2 is 2.14 bits per heavy atom. The minimum absolute atomic E-state index is 0.104. The first kappa shape index (κ1) is 16.2. The smallest absolute Gasteiger partial charge is 0.128 e. The van der Waals surface area contributed by atoms with Gasteiger partial charge in [0.05, 0.1) is 11.6 Å². The molecular weight excluding hydrogens is 262 g/mol. The van der Waals surface area contributed by atoms with Crippen molar-refractivity contribution in [3.05, 3.63) is 23.4 Å². The molecule has 0 aromatic carbocycles. The van der Waals surface area contributed by atoms with E-state index >= 15 is 0 Å². The SMILES string of the molecule is CCNC(c1cc(C)cnc1N)C1(OC)CCC(C)CC1. The van der Waals surface area contributed by atoms with E-state index < -0.39 is 0 Å². The van der Waals surface area contributed by atoms with Gasteiger partial charge in [-0.1, -0.05) is 13.8 Å². The Balaban J connectivity index is 2.38. The second-order valence-electron chi connectivity index (χ2n) is 6.43. The van der Waals surface area contributed by atoms with Gasteiger partial charge in [-0.3, -0.25) is 0 Å². The lowest BCUT2D eigenvalue weighted by molar-refractivity contribution is -0.0756. The quantitative estimate of drug-likeness (QED) is 0.874. The summed E-state index contributed by atoms with van der Waals surface area (Å²) in [6, 6.07) is 2.25. The molecule has 1 aromatic rings. The third-order valence-corrected chi connectivity index (χ3v) is 4.86. The van der Waals surface area contributed by atoms with E-state index in [2.05, 4.69) is 37.1 Å². The van der Waals surface area contributed by atoms with E-state index in [9.17, 15) is 0 Å². The summed E-state index contributed by atoms with van der Waals surface area (Å²) in [4.78, 5) is 4.34. The average Bonchev–Trinajstić information content (AvgIpc) is 2.49. The molecule has 4 heteroatoms. The van der Waals surface area contributed by atoms with Crippen molar-refractivity contribution in [1.82, 2.24) is 10.3 Å². The molecule has 1 heterocycles. The van der Waals surface area contributed by atoms with Gasteiger partial charge >= 0.3 is 0 Å². The summed E-state index contributed by atoms with van der Waals surface area (Å²) in [5, 5.41) is 3.60. The van der Waals surface area contributed by atoms with Gasteiger partial charge in [-0.25, -0.2) is 4.98 Å². The molecule has 1 aliphatic rings. The number of nitrogens with one attached hydrogen (secondary N) is 1. The van der Waals surface area contributed by atoms with Crippen molar-refractivity contribution in [2.24, 2.45) is 5.92 Å². The van der Waals surface area contributed by atoms with Gasteiger partial charge in [-0.05, 0) is 56.7 Å². The van der Waals surface area contributed by atoms with Crippen molar-refractivity contribution in [2.75, 3.05) is 19.4 Å². The number of nitrogens with zero attached hydrogens (tertiary/aromatic N) is 1. The van der Waals surface area contributed by atoms with E-state index in [0.717, 1.165) is 36.4 Å². The average molecular weight is 291 g/mol. The first-order valence-corrected chi connectivity index (χ1v) is 8.03. The number of nitrogen functional groups attached to an aromatic ring is 1. The Kier molecular flexibility index (Phi) is 5.22. The number of hydrogen-bond acceptors (Lipinski definition) is 4. The molecule has 1 aliphatic carbocycles. The molecule has 2 rings (SSSR count). The van der Waals surface area contributed by atoms with Gasteiger partial charge in [0.1, 0.15) is 5.82 Å². The highest BCUT2D eigenvalue weighted by Crippen LogP contribution is 2.43. The van der Waals surface area contributed by atoms with Gasteiger partial charge in [0, 0.05) is 18.9 Å². The number of aryl methyl sites for hydroxylation is 1. The van der Waals surface area contributed by atoms with Crippen LogP contribution in [0.25, 0.3) is 0 Å². The van der Waals surface area contributed by atoms with Crippen LogP contribution < -0.4 is 11.1 Å². The van der Waals surface area contributed by atoms with Crippen LogP contribution >= 0.6 is 0 Å². The summed E-state index contributed by atoms with van der Waals surface area (Å²) in [6.07, 6.45) is 6.36. The highest BCUT2D eigenvalue weighted by molar-refractivity contribution is 5.44. The monoisotopic (exact) mass is 291 g/mol. The molecule has 1 fully saturated rings. The second-order valence-corrected chi connectivity index (χ2v) is 6.43. The normalized spacial score (nSPS) is 27.5. The molecule has 4 nitrogen and oxygen atoms in total. The molecule has 0 saturated heterocycles. The largest absolute Gasteiger partial charge is 0.383 e. The fourth-order valence-electron chi connectivity index (χ4n) is 3.48. The van der Waals surface area contributed by atoms with Gasteiger partial charge in [0.15, 0.2) is 0 Å². The zero-order chi connectivity index (χ0) is 15.5. The fourth-order valence-corrected chi connectivity index (χ4v) is 3.48. The van der Waals surface area contributed by atoms with Gasteiger partial charge in [-0.15, -0.1) is 0 Å². The molecule has 21 heavy (non-hydrogen) atoms. The first-order valence-electron chi connectivity index (χ1n) is 8.03. The van der Waals surface area contributed by atoms with Crippen LogP contribution in [0.3, 0.4) is 0 Å². The molecule has 0 spiro atoms. The van der Waals surface area contributed by atoms with Crippen molar-refractivity contribution in [1.29, 1.82) is 0 Å². The lowest BCUT2D eigenvalue weighted by Gasteiger charge is -2.44. The van der Waals surface area contributed by atoms with Crippen LogP contribution in [-0.4, -0.2) is 24.2 Å². The molecule has 0 bridgehead atoms. The molecule has 118 valence electrons. The number of anilines is 1. The summed E-state index contributed by atoms with van der Waals surface area (Å²) in [5.41, 5.74) is 8.20. The Morgan fingerprint density at radius 3 is 2.71 bits per heavy atom. The molecule has 0 aliphatic heterocycles. The number of rotatable bonds is 5. The summed E-state index contributed by atoms with van der Waals surface area (Å²) < 4.78 is 6.05. The van der Waals surface area contributed by atoms with Gasteiger partial charge in [0.2, 0.25) is 0 Å². The predicted octanol–water partition coefficient (Wildman–Crippen LogP) is 3.22. The van der Waals surface area contributed by atoms with Gasteiger partial charge in [0.25, 0.3) is 0 Å². The maximum atomic E-state index is 6.16. The Labute approximate surface area is 128 Å². The highest BCUT2D eigenvalue weighted by Gasteiger charge is 2.42. The molecular formula is C17H29N3O. The zero-order valence-corrected chi connectivity index (χ0v) is 13.8. The van der Waals surface area contributed by atoms with Gasteiger partial charge < -0.3 is 15.8 Å². The maximum absolute atomic E-state index is 6.16. The number of aromatic nitrogens is 1. The highest BCUT2D eigenvalue weighted by atomic mass is 16.5. The van der Waals surface area contributed by atoms with E-state index in [-0.39, 0.29) is 11.6 Å². The summed E-state index contributed by atoms with van der Waals surface area (Å²) in [6.45, 7) is 7.39. The minimum atomic E-state index is -0.174. The van der Waals surface area contributed by atoms with Crippen molar-refractivity contribution in [2.45, 2.75) is 58.1 Å². The van der Waals surface area contributed by atoms with Crippen LogP contribution in [0.15, 0.2) is 12.3 Å². The molecule has 0 amide bonds. The standard InChI is InChI=1S/C17H29N3O/c1-5-19-15(14-10-13(3)11-20-16(14)18)17(21-4)8-6-12(2)7-9-17/h10-12,15,19H,5-9H2,1-4H3,(H2,18,20). The van der Waals surface area contributed by atoms with Crippen molar-refractivity contribution in [3.8, 4) is 0 Å². The van der Waals surface area contributed by atoms with E-state index in [1.54, 1.807) is 0 Å². The number of pyridine rings is 1. The Hall–Kier alpha value is -1.13. The Morgan fingerprint density at radius 1 is 1.48 bits per heavy atom. The topological polar surface area (TPSA) is 60.2 Å². The third-order valence-electron chi connectivity index (χ3n) is 4.86. The van der Waals surface area contributed by atoms with Crippen molar-refractivity contribution >= 4 is 5.82 Å². The third kappa shape index (κ3) is 3.38. The van der Waals surface area contributed by atoms with Crippen molar-refractivity contribution < 1.29 is 4.74 Å². The molecule has 0 radical (unpaired) electrons. The van der Waals surface area contributed by atoms with Gasteiger partial charge in [-0.2, -0.15) is 0 Å². The van der Waals surface area contributed by atoms with Crippen LogP contribution in [0.1, 0.15) is 56.7 Å². The summed E-state index contributed by atoms with van der Waals surface area (Å²) >= 11 is 0. The number of hydrogen-bond donors (Lipinski definition) is 2. The van der Waals surface area contributed by atoms with Crippen LogP contribution in [0.2, 0.25) is 0 Å². The number of likely N-dealkylation sites (N-methyl/N-ethyl adjacent to an activating group) is 1. The van der Waals surface area contributed by atoms with Crippen molar-refractivity contribution in [3.63, 3.8) is 0 Å². The number of ether oxygens (including phenoxy) is 1. The van der Waals surface area contributed by atoms with E-state index in [0.29, 0.717) is 5.82 Å². The second kappa shape index (κ2) is 6.75. The fraction of sp³-hybridized carbons (Fsp3) is 0.706. The molecule has 1 saturated carbocycles. The number of methoxy groups -OCH3 is 1. The first-order chi connectivity index (χ1) is 10.0. The van der Waals surface area contributed by atoms with Crippen LogP contribution in [0, 0.1) is 12.8 Å².